The molecule has 2 rings (SSSR count). The van der Waals surface area contributed by atoms with Crippen molar-refractivity contribution in [1.29, 1.82) is 0 Å². The molecule has 0 fully saturated rings. The average molecular weight is 365 g/mol. The number of thiophene rings is 1. The molecule has 0 aliphatic heterocycles. The molecule has 1 unspecified atom stereocenters. The van der Waals surface area contributed by atoms with Crippen LogP contribution in [0.4, 0.5) is 5.69 Å². The smallest absolute Gasteiger partial charge is 0.306 e. The first-order valence-electron chi connectivity index (χ1n) is 4.65. The number of aliphatic hydroxyl groups excluding tert-OH is 1. The summed E-state index contributed by atoms with van der Waals surface area (Å²) >= 11 is 3.25. The third-order valence-electron chi connectivity index (χ3n) is 2.08. The molecule has 0 radical (unpaired) electrons. The first-order valence-corrected chi connectivity index (χ1v) is 6.55. The number of rotatable bonds is 3. The Hall–Kier alpha value is -1.00. The van der Waals surface area contributed by atoms with Crippen LogP contribution in [0.1, 0.15) is 17.9 Å². The zero-order chi connectivity index (χ0) is 12.6. The molecule has 0 saturated carbocycles. The van der Waals surface area contributed by atoms with Crippen LogP contribution in [0.3, 0.4) is 0 Å². The van der Waals surface area contributed by atoms with Gasteiger partial charge in [-0.15, -0.1) is 11.3 Å². The molecule has 17 heavy (non-hydrogen) atoms. The van der Waals surface area contributed by atoms with E-state index in [4.69, 9.17) is 0 Å². The first kappa shape index (κ1) is 12.5. The summed E-state index contributed by atoms with van der Waals surface area (Å²) in [4.78, 5) is 11.0. The van der Waals surface area contributed by atoms with Crippen LogP contribution in [0.5, 0.6) is 0 Å². The molecule has 2 heterocycles. The summed E-state index contributed by atoms with van der Waals surface area (Å²) in [5.41, 5.74) is -0.0367. The Morgan fingerprint density at radius 2 is 2.41 bits per heavy atom. The highest BCUT2D eigenvalue weighted by molar-refractivity contribution is 14.1. The predicted molar refractivity (Wildman–Crippen MR) is 71.4 cm³/mol. The van der Waals surface area contributed by atoms with Crippen molar-refractivity contribution in [2.75, 3.05) is 0 Å². The lowest BCUT2D eigenvalue weighted by molar-refractivity contribution is -0.384. The summed E-state index contributed by atoms with van der Waals surface area (Å²) in [7, 11) is 0. The molecule has 0 spiro atoms. The fourth-order valence-electron chi connectivity index (χ4n) is 1.30. The molecule has 8 heteroatoms. The topological polar surface area (TPSA) is 81.2 Å². The Labute approximate surface area is 114 Å². The van der Waals surface area contributed by atoms with E-state index in [9.17, 15) is 15.2 Å². The standard InChI is InChI=1S/C9H8IN3O3S/c1-5(14)8-2-7(13(15)16)9(17-8)12-4-6(10)3-11-12/h2-5,14H,1H3. The fourth-order valence-corrected chi connectivity index (χ4v) is 2.69. The van der Waals surface area contributed by atoms with Gasteiger partial charge in [0.05, 0.1) is 20.8 Å². The van der Waals surface area contributed by atoms with Gasteiger partial charge in [0, 0.05) is 17.1 Å². The van der Waals surface area contributed by atoms with E-state index >= 15 is 0 Å². The highest BCUT2D eigenvalue weighted by atomic mass is 127. The van der Waals surface area contributed by atoms with Gasteiger partial charge in [0.25, 0.3) is 0 Å². The van der Waals surface area contributed by atoms with Crippen molar-refractivity contribution in [3.63, 3.8) is 0 Å². The SMILES string of the molecule is CC(O)c1cc([N+](=O)[O-])c(-n2cc(I)cn2)s1. The third kappa shape index (κ3) is 2.48. The zero-order valence-corrected chi connectivity index (χ0v) is 11.7. The van der Waals surface area contributed by atoms with Gasteiger partial charge in [-0.3, -0.25) is 10.1 Å². The maximum absolute atomic E-state index is 10.9. The average Bonchev–Trinajstić information content (AvgIpc) is 2.82. The zero-order valence-electron chi connectivity index (χ0n) is 8.70. The number of halogens is 1. The lowest BCUT2D eigenvalue weighted by Gasteiger charge is -1.97. The lowest BCUT2D eigenvalue weighted by Crippen LogP contribution is -1.95. The molecule has 6 nitrogen and oxygen atoms in total. The van der Waals surface area contributed by atoms with Crippen LogP contribution < -0.4 is 0 Å². The van der Waals surface area contributed by atoms with Gasteiger partial charge in [-0.1, -0.05) is 0 Å². The summed E-state index contributed by atoms with van der Waals surface area (Å²) in [5.74, 6) is 0. The summed E-state index contributed by atoms with van der Waals surface area (Å²) in [5, 5.41) is 24.8. The molecule has 0 amide bonds. The van der Waals surface area contributed by atoms with Crippen LogP contribution >= 0.6 is 33.9 Å². The van der Waals surface area contributed by atoms with Crippen molar-refractivity contribution in [3.05, 3.63) is 37.0 Å². The molecule has 1 atom stereocenters. The molecule has 0 aliphatic carbocycles. The highest BCUT2D eigenvalue weighted by Crippen LogP contribution is 2.35. The van der Waals surface area contributed by atoms with Crippen molar-refractivity contribution < 1.29 is 10.0 Å². The van der Waals surface area contributed by atoms with Crippen LogP contribution in [-0.2, 0) is 0 Å². The Morgan fingerprint density at radius 1 is 1.71 bits per heavy atom. The lowest BCUT2D eigenvalue weighted by atomic mass is 10.3. The van der Waals surface area contributed by atoms with Crippen LogP contribution in [0.15, 0.2) is 18.5 Å². The van der Waals surface area contributed by atoms with Crippen molar-refractivity contribution >= 4 is 39.6 Å². The van der Waals surface area contributed by atoms with Crippen molar-refractivity contribution in [3.8, 4) is 5.00 Å². The van der Waals surface area contributed by atoms with Gasteiger partial charge in [0.15, 0.2) is 5.00 Å². The Kier molecular flexibility index (Phi) is 3.45. The first-order chi connectivity index (χ1) is 7.99. The van der Waals surface area contributed by atoms with Gasteiger partial charge in [0.2, 0.25) is 0 Å². The molecule has 0 saturated heterocycles. The molecule has 0 aliphatic rings. The largest absolute Gasteiger partial charge is 0.388 e. The van der Waals surface area contributed by atoms with Crippen molar-refractivity contribution in [2.45, 2.75) is 13.0 Å². The molecule has 90 valence electrons. The number of nitro groups is 1. The Morgan fingerprint density at radius 3 is 2.88 bits per heavy atom. The Bertz CT molecular complexity index is 564. The minimum absolute atomic E-state index is 0.0367. The number of nitrogens with zero attached hydrogens (tertiary/aromatic N) is 3. The van der Waals surface area contributed by atoms with Gasteiger partial charge in [0.1, 0.15) is 0 Å². The van der Waals surface area contributed by atoms with E-state index in [0.717, 1.165) is 3.57 Å². The van der Waals surface area contributed by atoms with Gasteiger partial charge >= 0.3 is 5.69 Å². The van der Waals surface area contributed by atoms with E-state index in [0.29, 0.717) is 9.88 Å². The van der Waals surface area contributed by atoms with Crippen molar-refractivity contribution in [1.82, 2.24) is 9.78 Å². The summed E-state index contributed by atoms with van der Waals surface area (Å²) < 4.78 is 2.35. The second-order valence-electron chi connectivity index (χ2n) is 3.38. The minimum atomic E-state index is -0.720. The van der Waals surface area contributed by atoms with E-state index in [1.54, 1.807) is 19.3 Å². The van der Waals surface area contributed by atoms with Gasteiger partial charge in [-0.2, -0.15) is 5.10 Å². The van der Waals surface area contributed by atoms with E-state index in [1.165, 1.54) is 22.1 Å². The summed E-state index contributed by atoms with van der Waals surface area (Å²) in [6.45, 7) is 1.58. The number of hydrogen-bond acceptors (Lipinski definition) is 5. The summed E-state index contributed by atoms with van der Waals surface area (Å²) in [6.07, 6.45) is 2.60. The molecule has 2 aromatic heterocycles. The number of hydrogen-bond donors (Lipinski definition) is 1. The highest BCUT2D eigenvalue weighted by Gasteiger charge is 2.22. The molecular weight excluding hydrogens is 357 g/mol. The quantitative estimate of drug-likeness (QED) is 0.515. The maximum atomic E-state index is 10.9. The third-order valence-corrected chi connectivity index (χ3v) is 3.92. The van der Waals surface area contributed by atoms with E-state index in [-0.39, 0.29) is 5.69 Å². The van der Waals surface area contributed by atoms with E-state index < -0.39 is 11.0 Å². The van der Waals surface area contributed by atoms with E-state index in [1.807, 2.05) is 0 Å². The van der Waals surface area contributed by atoms with E-state index in [2.05, 4.69) is 27.7 Å². The second-order valence-corrected chi connectivity index (χ2v) is 5.68. The van der Waals surface area contributed by atoms with Crippen LogP contribution in [0, 0.1) is 13.7 Å². The molecule has 0 bridgehead atoms. The molecular formula is C9H8IN3O3S. The van der Waals surface area contributed by atoms with Gasteiger partial charge in [-0.05, 0) is 29.5 Å². The normalized spacial score (nSPS) is 12.6. The van der Waals surface area contributed by atoms with Gasteiger partial charge < -0.3 is 5.11 Å². The number of aliphatic hydroxyl groups is 1. The fraction of sp³-hybridized carbons (Fsp3) is 0.222. The summed E-state index contributed by atoms with van der Waals surface area (Å²) in [6, 6.07) is 1.39. The van der Waals surface area contributed by atoms with Crippen LogP contribution in [0.2, 0.25) is 0 Å². The molecule has 0 aromatic carbocycles. The molecule has 2 aromatic rings. The van der Waals surface area contributed by atoms with Crippen molar-refractivity contribution in [2.24, 2.45) is 0 Å². The monoisotopic (exact) mass is 365 g/mol. The number of aromatic nitrogens is 2. The Balaban J connectivity index is 2.55. The maximum Gasteiger partial charge on any atom is 0.306 e. The minimum Gasteiger partial charge on any atom is -0.388 e. The van der Waals surface area contributed by atoms with Crippen LogP contribution in [0.25, 0.3) is 5.00 Å². The molecule has 1 N–H and O–H groups in total. The predicted octanol–water partition coefficient (Wildman–Crippen LogP) is 2.50. The van der Waals surface area contributed by atoms with Crippen LogP contribution in [-0.4, -0.2) is 19.8 Å². The second kappa shape index (κ2) is 4.70. The van der Waals surface area contributed by atoms with Gasteiger partial charge in [-0.25, -0.2) is 4.68 Å².